The number of anilines is 2. The molecular weight excluding hydrogens is 449 g/mol. The van der Waals surface area contributed by atoms with Crippen molar-refractivity contribution in [3.63, 3.8) is 0 Å². The molecule has 3 aromatic carbocycles. The molecule has 0 aliphatic heterocycles. The Bertz CT molecular complexity index is 1550. The van der Waals surface area contributed by atoms with Crippen molar-refractivity contribution in [2.45, 2.75) is 0 Å². The number of carbonyl (C=O) groups is 1. The number of hydrogen-bond donors (Lipinski definition) is 2. The molecule has 5 aromatic rings. The summed E-state index contributed by atoms with van der Waals surface area (Å²) in [5, 5.41) is 4.35. The van der Waals surface area contributed by atoms with Crippen molar-refractivity contribution in [3.8, 4) is 0 Å². The summed E-state index contributed by atoms with van der Waals surface area (Å²) in [6.45, 7) is 0. The Morgan fingerprint density at radius 3 is 2.34 bits per heavy atom. The van der Waals surface area contributed by atoms with Crippen LogP contribution in [0.15, 0.2) is 65.5 Å². The summed E-state index contributed by atoms with van der Waals surface area (Å²) in [5.74, 6) is 0.0770. The van der Waals surface area contributed by atoms with Crippen LogP contribution in [0, 0.1) is 0 Å². The van der Waals surface area contributed by atoms with E-state index in [1.54, 1.807) is 66.2 Å². The number of fused-ring (bicyclic) bond motifs is 3. The van der Waals surface area contributed by atoms with Crippen molar-refractivity contribution < 1.29 is 4.79 Å². The second-order valence-electron chi connectivity index (χ2n) is 7.15. The van der Waals surface area contributed by atoms with Crippen molar-refractivity contribution in [1.82, 2.24) is 19.5 Å². The summed E-state index contributed by atoms with van der Waals surface area (Å²) in [5.41, 5.74) is 2.08. The van der Waals surface area contributed by atoms with Gasteiger partial charge in [0, 0.05) is 12.6 Å². The molecule has 2 N–H and O–H groups in total. The number of ketones is 1. The van der Waals surface area contributed by atoms with E-state index >= 15 is 0 Å². The summed E-state index contributed by atoms with van der Waals surface area (Å²) >= 11 is 12.5. The lowest BCUT2D eigenvalue weighted by Gasteiger charge is -2.10. The monoisotopic (exact) mass is 463 g/mol. The van der Waals surface area contributed by atoms with Crippen LogP contribution in [-0.4, -0.2) is 25.3 Å². The standard InChI is InChI=1S/C23H15Cl2N5O2/c1-30-19-16(27-23(30)28-18-13(24)8-5-9-14(18)25)11-10-15-17(19)22(32)29-21(26-15)20(31)12-6-3-2-4-7-12/h2-11H,1H3,(H,27,28)(H,26,29,32). The van der Waals surface area contributed by atoms with E-state index in [1.807, 2.05) is 6.07 Å². The minimum atomic E-state index is -0.426. The molecule has 32 heavy (non-hydrogen) atoms. The van der Waals surface area contributed by atoms with E-state index in [2.05, 4.69) is 20.3 Å². The van der Waals surface area contributed by atoms with Crippen LogP contribution in [0.2, 0.25) is 10.0 Å². The second kappa shape index (κ2) is 7.78. The Morgan fingerprint density at radius 2 is 1.62 bits per heavy atom. The highest BCUT2D eigenvalue weighted by molar-refractivity contribution is 6.39. The zero-order chi connectivity index (χ0) is 22.4. The van der Waals surface area contributed by atoms with Crippen LogP contribution in [0.5, 0.6) is 0 Å². The molecule has 158 valence electrons. The molecule has 0 bridgehead atoms. The Hall–Kier alpha value is -3.68. The fraction of sp³-hybridized carbons (Fsp3) is 0.0435. The minimum Gasteiger partial charge on any atom is -0.323 e. The molecule has 0 spiro atoms. The summed E-state index contributed by atoms with van der Waals surface area (Å²) in [6.07, 6.45) is 0. The number of aryl methyl sites for hydroxylation is 1. The van der Waals surface area contributed by atoms with E-state index in [0.29, 0.717) is 49.2 Å². The highest BCUT2D eigenvalue weighted by Gasteiger charge is 2.19. The van der Waals surface area contributed by atoms with Crippen molar-refractivity contribution in [3.05, 3.63) is 92.5 Å². The molecule has 0 amide bonds. The van der Waals surface area contributed by atoms with Crippen molar-refractivity contribution in [2.75, 3.05) is 5.32 Å². The van der Waals surface area contributed by atoms with Gasteiger partial charge in [-0.3, -0.25) is 9.59 Å². The molecule has 0 radical (unpaired) electrons. The van der Waals surface area contributed by atoms with Gasteiger partial charge in [-0.1, -0.05) is 59.6 Å². The van der Waals surface area contributed by atoms with Gasteiger partial charge in [-0.05, 0) is 24.3 Å². The fourth-order valence-corrected chi connectivity index (χ4v) is 4.10. The maximum atomic E-state index is 13.0. The number of imidazole rings is 1. The SMILES string of the molecule is Cn1c(Nc2c(Cl)cccc2Cl)nc2ccc3nc(C(=O)c4ccccc4)[nH]c(=O)c3c21. The molecule has 7 nitrogen and oxygen atoms in total. The van der Waals surface area contributed by atoms with Crippen LogP contribution >= 0.6 is 23.2 Å². The van der Waals surface area contributed by atoms with Gasteiger partial charge in [0.25, 0.3) is 5.56 Å². The minimum absolute atomic E-state index is 0.0172. The third-order valence-electron chi connectivity index (χ3n) is 5.16. The molecule has 0 unspecified atom stereocenters. The summed E-state index contributed by atoms with van der Waals surface area (Å²) in [4.78, 5) is 37.4. The number of carbonyl (C=O) groups excluding carboxylic acids is 1. The van der Waals surface area contributed by atoms with E-state index in [4.69, 9.17) is 23.2 Å². The Labute approximate surface area is 191 Å². The predicted octanol–water partition coefficient (Wildman–Crippen LogP) is 5.09. The Morgan fingerprint density at radius 1 is 0.938 bits per heavy atom. The molecular formula is C23H15Cl2N5O2. The fourth-order valence-electron chi connectivity index (χ4n) is 3.60. The first kappa shape index (κ1) is 20.2. The summed E-state index contributed by atoms with van der Waals surface area (Å²) < 4.78 is 1.73. The van der Waals surface area contributed by atoms with E-state index in [0.717, 1.165) is 0 Å². The van der Waals surface area contributed by atoms with Gasteiger partial charge in [0.05, 0.1) is 37.7 Å². The zero-order valence-electron chi connectivity index (χ0n) is 16.7. The molecule has 9 heteroatoms. The number of halogens is 2. The predicted molar refractivity (Wildman–Crippen MR) is 126 cm³/mol. The number of H-pyrrole nitrogens is 1. The average Bonchev–Trinajstić information content (AvgIpc) is 3.11. The number of aromatic nitrogens is 4. The van der Waals surface area contributed by atoms with E-state index in [-0.39, 0.29) is 11.6 Å². The van der Waals surface area contributed by atoms with Gasteiger partial charge in [-0.2, -0.15) is 0 Å². The van der Waals surface area contributed by atoms with Crippen LogP contribution in [0.25, 0.3) is 21.9 Å². The van der Waals surface area contributed by atoms with Crippen molar-refractivity contribution in [1.29, 1.82) is 0 Å². The number of benzene rings is 3. The largest absolute Gasteiger partial charge is 0.323 e. The van der Waals surface area contributed by atoms with Crippen LogP contribution < -0.4 is 10.9 Å². The molecule has 2 heterocycles. The number of para-hydroxylation sites is 1. The molecule has 0 aliphatic carbocycles. The van der Waals surface area contributed by atoms with Gasteiger partial charge in [-0.25, -0.2) is 9.97 Å². The molecule has 0 aliphatic rings. The van der Waals surface area contributed by atoms with Crippen LogP contribution in [-0.2, 0) is 7.05 Å². The topological polar surface area (TPSA) is 92.7 Å². The van der Waals surface area contributed by atoms with Gasteiger partial charge in [0.1, 0.15) is 0 Å². The van der Waals surface area contributed by atoms with Gasteiger partial charge >= 0.3 is 0 Å². The highest BCUT2D eigenvalue weighted by Crippen LogP contribution is 2.33. The number of nitrogens with zero attached hydrogens (tertiary/aromatic N) is 3. The van der Waals surface area contributed by atoms with Crippen LogP contribution in [0.1, 0.15) is 16.2 Å². The normalized spacial score (nSPS) is 11.2. The third kappa shape index (κ3) is 3.32. The van der Waals surface area contributed by atoms with Gasteiger partial charge in [0.15, 0.2) is 5.82 Å². The number of nitrogens with one attached hydrogen (secondary N) is 2. The quantitative estimate of drug-likeness (QED) is 0.362. The molecule has 5 rings (SSSR count). The first-order valence-electron chi connectivity index (χ1n) is 9.64. The molecule has 0 saturated heterocycles. The van der Waals surface area contributed by atoms with Gasteiger partial charge in [0.2, 0.25) is 11.7 Å². The number of hydrogen-bond acceptors (Lipinski definition) is 5. The lowest BCUT2D eigenvalue weighted by Crippen LogP contribution is -2.17. The zero-order valence-corrected chi connectivity index (χ0v) is 18.2. The first-order valence-corrected chi connectivity index (χ1v) is 10.4. The Balaban J connectivity index is 1.65. The molecule has 0 atom stereocenters. The summed E-state index contributed by atoms with van der Waals surface area (Å²) in [7, 11) is 1.77. The third-order valence-corrected chi connectivity index (χ3v) is 5.79. The van der Waals surface area contributed by atoms with Crippen molar-refractivity contribution in [2.24, 2.45) is 7.05 Å². The van der Waals surface area contributed by atoms with Crippen LogP contribution in [0.3, 0.4) is 0 Å². The number of rotatable bonds is 4. The molecule has 2 aromatic heterocycles. The van der Waals surface area contributed by atoms with Crippen molar-refractivity contribution >= 4 is 62.6 Å². The molecule has 0 fully saturated rings. The lowest BCUT2D eigenvalue weighted by atomic mass is 10.1. The Kier molecular flexibility index (Phi) is 4.92. The van der Waals surface area contributed by atoms with E-state index in [1.165, 1.54) is 0 Å². The maximum Gasteiger partial charge on any atom is 0.261 e. The van der Waals surface area contributed by atoms with E-state index in [9.17, 15) is 9.59 Å². The average molecular weight is 464 g/mol. The molecule has 0 saturated carbocycles. The second-order valence-corrected chi connectivity index (χ2v) is 7.97. The first-order chi connectivity index (χ1) is 15.4. The highest BCUT2D eigenvalue weighted by atomic mass is 35.5. The smallest absolute Gasteiger partial charge is 0.261 e. The van der Waals surface area contributed by atoms with Crippen LogP contribution in [0.4, 0.5) is 11.6 Å². The van der Waals surface area contributed by atoms with Gasteiger partial charge < -0.3 is 14.9 Å². The van der Waals surface area contributed by atoms with E-state index < -0.39 is 5.56 Å². The number of aromatic amines is 1. The summed E-state index contributed by atoms with van der Waals surface area (Å²) in [6, 6.07) is 17.3. The maximum absolute atomic E-state index is 13.0. The van der Waals surface area contributed by atoms with Gasteiger partial charge in [-0.15, -0.1) is 0 Å². The lowest BCUT2D eigenvalue weighted by molar-refractivity contribution is 0.102.